The summed E-state index contributed by atoms with van der Waals surface area (Å²) in [5.41, 5.74) is 15.3. The van der Waals surface area contributed by atoms with Gasteiger partial charge in [-0.1, -0.05) is 22.7 Å². The van der Waals surface area contributed by atoms with E-state index in [-0.39, 0.29) is 29.8 Å². The lowest BCUT2D eigenvalue weighted by molar-refractivity contribution is -0.137. The van der Waals surface area contributed by atoms with Crippen LogP contribution in [-0.2, 0) is 14.3 Å². The van der Waals surface area contributed by atoms with Crippen LogP contribution in [0.15, 0.2) is 46.0 Å². The second kappa shape index (κ2) is 9.81. The number of thiazole rings is 2. The smallest absolute Gasteiger partial charge is 0.180 e. The van der Waals surface area contributed by atoms with Crippen LogP contribution >= 0.6 is 22.7 Å². The van der Waals surface area contributed by atoms with E-state index in [4.69, 9.17) is 29.8 Å². The zero-order valence-corrected chi connectivity index (χ0v) is 21.1. The van der Waals surface area contributed by atoms with Gasteiger partial charge in [-0.2, -0.15) is 0 Å². The number of nitrogen functional groups attached to an aromatic ring is 2. The first kappa shape index (κ1) is 23.4. The fraction of sp³-hybridized carbons (Fsp3) is 0.400. The molecule has 11 heteroatoms. The highest BCUT2D eigenvalue weighted by atomic mass is 32.1. The lowest BCUT2D eigenvalue weighted by atomic mass is 9.80. The van der Waals surface area contributed by atoms with Crippen molar-refractivity contribution in [3.05, 3.63) is 46.9 Å². The highest BCUT2D eigenvalue weighted by molar-refractivity contribution is 7.16. The third-order valence-electron chi connectivity index (χ3n) is 6.89. The van der Waals surface area contributed by atoms with Gasteiger partial charge in [0.15, 0.2) is 10.3 Å². The van der Waals surface area contributed by atoms with Crippen molar-refractivity contribution in [2.45, 2.75) is 37.9 Å². The summed E-state index contributed by atoms with van der Waals surface area (Å²) < 4.78 is 22.7. The van der Waals surface area contributed by atoms with Crippen LogP contribution in [0.2, 0.25) is 0 Å². The molecule has 0 amide bonds. The number of nitrogens with zero attached hydrogens (tertiary/aromatic N) is 2. The number of carbonyl (C=O) groups excluding carboxylic acids is 1. The molecule has 4 N–H and O–H groups in total. The van der Waals surface area contributed by atoms with E-state index in [9.17, 15) is 4.79 Å². The Balaban J connectivity index is 1.19. The Hall–Kier alpha value is -2.99. The first-order chi connectivity index (χ1) is 17.6. The van der Waals surface area contributed by atoms with E-state index in [0.717, 1.165) is 32.3 Å². The largest absolute Gasteiger partial charge is 0.472 e. The Bertz CT molecular complexity index is 1230. The number of aromatic nitrogens is 2. The molecule has 36 heavy (non-hydrogen) atoms. The Morgan fingerprint density at radius 1 is 0.806 bits per heavy atom. The molecule has 0 radical (unpaired) electrons. The van der Waals surface area contributed by atoms with Crippen molar-refractivity contribution < 1.29 is 23.1 Å². The highest BCUT2D eigenvalue weighted by Crippen LogP contribution is 2.45. The fourth-order valence-corrected chi connectivity index (χ4v) is 6.99. The summed E-state index contributed by atoms with van der Waals surface area (Å²) in [5, 5.41) is 0.950. The predicted octanol–water partition coefficient (Wildman–Crippen LogP) is 5.49. The van der Waals surface area contributed by atoms with Crippen LogP contribution in [0.1, 0.15) is 47.6 Å². The van der Waals surface area contributed by atoms with E-state index in [2.05, 4.69) is 9.97 Å². The van der Waals surface area contributed by atoms with Crippen LogP contribution in [-0.4, -0.2) is 29.0 Å². The molecular weight excluding hydrogens is 500 g/mol. The summed E-state index contributed by atoms with van der Waals surface area (Å²) in [6.07, 6.45) is 8.71. The first-order valence-electron chi connectivity index (χ1n) is 11.9. The molecule has 0 spiro atoms. The summed E-state index contributed by atoms with van der Waals surface area (Å²) in [7, 11) is 0. The maximum atomic E-state index is 13.7. The molecule has 0 bridgehead atoms. The quantitative estimate of drug-likeness (QED) is 0.334. The molecule has 0 saturated carbocycles. The van der Waals surface area contributed by atoms with Gasteiger partial charge in [0.2, 0.25) is 0 Å². The molecule has 188 valence electrons. The Morgan fingerprint density at radius 3 is 1.69 bits per heavy atom. The molecule has 4 aromatic heterocycles. The van der Waals surface area contributed by atoms with E-state index in [1.165, 1.54) is 22.7 Å². The van der Waals surface area contributed by atoms with Crippen molar-refractivity contribution in [2.24, 2.45) is 11.8 Å². The van der Waals surface area contributed by atoms with Gasteiger partial charge in [0.25, 0.3) is 0 Å². The van der Waals surface area contributed by atoms with Crippen LogP contribution in [0, 0.1) is 11.8 Å². The normalized spacial score (nSPS) is 24.7. The average molecular weight is 527 g/mol. The maximum Gasteiger partial charge on any atom is 0.180 e. The second-order valence-corrected chi connectivity index (χ2v) is 11.2. The monoisotopic (exact) mass is 526 g/mol. The molecule has 4 unspecified atom stereocenters. The maximum absolute atomic E-state index is 13.7. The number of ketones is 1. The zero-order valence-electron chi connectivity index (χ0n) is 19.4. The number of ether oxygens (including phenoxy) is 2. The zero-order chi connectivity index (χ0) is 24.6. The van der Waals surface area contributed by atoms with Gasteiger partial charge in [-0.25, -0.2) is 9.97 Å². The van der Waals surface area contributed by atoms with Gasteiger partial charge in [-0.15, -0.1) is 0 Å². The molecule has 2 saturated heterocycles. The van der Waals surface area contributed by atoms with Crippen LogP contribution in [0.4, 0.5) is 10.3 Å². The van der Waals surface area contributed by atoms with Crippen molar-refractivity contribution in [2.75, 3.05) is 24.7 Å². The van der Waals surface area contributed by atoms with Gasteiger partial charge < -0.3 is 29.8 Å². The van der Waals surface area contributed by atoms with Crippen LogP contribution in [0.5, 0.6) is 0 Å². The number of hydrogen-bond donors (Lipinski definition) is 2. The summed E-state index contributed by atoms with van der Waals surface area (Å²) in [6, 6.07) is 3.71. The molecule has 9 nitrogen and oxygen atoms in total. The van der Waals surface area contributed by atoms with Crippen molar-refractivity contribution in [1.29, 1.82) is 0 Å². The van der Waals surface area contributed by atoms with E-state index in [0.29, 0.717) is 49.2 Å². The molecule has 6 rings (SSSR count). The summed E-state index contributed by atoms with van der Waals surface area (Å²) >= 11 is 2.82. The number of furan rings is 2. The van der Waals surface area contributed by atoms with Crippen LogP contribution in [0.25, 0.3) is 22.5 Å². The number of carbonyl (C=O) groups is 1. The number of nitrogens with two attached hydrogens (primary N) is 2. The Labute approximate surface area is 215 Å². The first-order valence-corrected chi connectivity index (χ1v) is 13.5. The summed E-state index contributed by atoms with van der Waals surface area (Å²) in [6.45, 7) is 1.04. The van der Waals surface area contributed by atoms with Gasteiger partial charge in [-0.05, 0) is 37.8 Å². The minimum absolute atomic E-state index is 0.0899. The topological polar surface area (TPSA) is 140 Å². The van der Waals surface area contributed by atoms with Crippen molar-refractivity contribution >= 4 is 38.7 Å². The van der Waals surface area contributed by atoms with Gasteiger partial charge in [0.05, 0.1) is 58.4 Å². The van der Waals surface area contributed by atoms with Gasteiger partial charge in [0.1, 0.15) is 5.78 Å². The number of rotatable bonds is 6. The van der Waals surface area contributed by atoms with Crippen LogP contribution in [0.3, 0.4) is 0 Å². The van der Waals surface area contributed by atoms with E-state index in [1.54, 1.807) is 25.1 Å². The molecule has 4 atom stereocenters. The SMILES string of the molecule is Nc1nc(-c2ccoc2)c(C2CC(C(=O)C3CCOC(c4sc(N)nc4-c4ccoc4)C3)CCO2)s1. The minimum atomic E-state index is -0.225. The number of Topliss-reactive ketones (excluding diaryl/α,β-unsaturated/α-hetero) is 1. The van der Waals surface area contributed by atoms with E-state index < -0.39 is 0 Å². The molecule has 0 aliphatic carbocycles. The van der Waals surface area contributed by atoms with Gasteiger partial charge in [0, 0.05) is 36.2 Å². The molecule has 2 fully saturated rings. The lowest BCUT2D eigenvalue weighted by Crippen LogP contribution is -2.34. The van der Waals surface area contributed by atoms with Crippen molar-refractivity contribution in [3.63, 3.8) is 0 Å². The molecular formula is C25H26N4O5S2. The minimum Gasteiger partial charge on any atom is -0.472 e. The van der Waals surface area contributed by atoms with Crippen LogP contribution < -0.4 is 11.5 Å². The molecule has 2 aliphatic heterocycles. The van der Waals surface area contributed by atoms with E-state index >= 15 is 0 Å². The van der Waals surface area contributed by atoms with Gasteiger partial charge in [-0.3, -0.25) is 4.79 Å². The molecule has 6 heterocycles. The Morgan fingerprint density at radius 2 is 1.28 bits per heavy atom. The summed E-state index contributed by atoms with van der Waals surface area (Å²) in [5.74, 6) is 0.0992. The number of hydrogen-bond acceptors (Lipinski definition) is 11. The second-order valence-electron chi connectivity index (χ2n) is 9.12. The Kier molecular flexibility index (Phi) is 6.38. The highest BCUT2D eigenvalue weighted by Gasteiger charge is 2.38. The average Bonchev–Trinajstić information content (AvgIpc) is 3.70. The third kappa shape index (κ3) is 4.47. The number of anilines is 2. The molecule has 4 aromatic rings. The standard InChI is InChI=1S/C25H26N4O5S2/c26-24-28-19(15-1-5-31-11-15)22(35-24)17-9-13(3-7-33-17)21(30)14-4-8-34-18(10-14)23-20(29-25(27)36-23)16-2-6-32-12-16/h1-2,5-6,11-14,17-18H,3-4,7-10H2,(H2,26,28)(H2,27,29). The summed E-state index contributed by atoms with van der Waals surface area (Å²) in [4.78, 5) is 24.6. The van der Waals surface area contributed by atoms with Gasteiger partial charge >= 0.3 is 0 Å². The predicted molar refractivity (Wildman–Crippen MR) is 136 cm³/mol. The van der Waals surface area contributed by atoms with E-state index in [1.807, 2.05) is 12.1 Å². The lowest BCUT2D eigenvalue weighted by Gasteiger charge is -2.34. The van der Waals surface area contributed by atoms with Crippen molar-refractivity contribution in [1.82, 2.24) is 9.97 Å². The molecule has 2 aliphatic rings. The van der Waals surface area contributed by atoms with Crippen molar-refractivity contribution in [3.8, 4) is 22.5 Å². The fourth-order valence-electron chi connectivity index (χ4n) is 5.16. The molecule has 0 aromatic carbocycles. The third-order valence-corrected chi connectivity index (χ3v) is 8.84.